The van der Waals surface area contributed by atoms with Gasteiger partial charge in [-0.05, 0) is 43.0 Å². The van der Waals surface area contributed by atoms with Crippen molar-refractivity contribution in [2.75, 3.05) is 56.7 Å². The number of guanidine groups is 1. The van der Waals surface area contributed by atoms with Crippen LogP contribution in [0.5, 0.6) is 5.75 Å². The molecular formula is C24H32F2IN5O. The monoisotopic (exact) mass is 571 g/mol. The van der Waals surface area contributed by atoms with E-state index in [1.165, 1.54) is 12.1 Å². The number of rotatable bonds is 6. The van der Waals surface area contributed by atoms with Crippen molar-refractivity contribution in [2.45, 2.75) is 18.9 Å². The maximum absolute atomic E-state index is 14.1. The van der Waals surface area contributed by atoms with Crippen LogP contribution in [0.3, 0.4) is 0 Å². The van der Waals surface area contributed by atoms with Gasteiger partial charge in [-0.25, -0.2) is 8.78 Å². The van der Waals surface area contributed by atoms with Gasteiger partial charge in [0, 0.05) is 51.9 Å². The Morgan fingerprint density at radius 3 is 2.58 bits per heavy atom. The first-order valence-corrected chi connectivity index (χ1v) is 11.1. The van der Waals surface area contributed by atoms with Gasteiger partial charge in [-0.2, -0.15) is 0 Å². The van der Waals surface area contributed by atoms with Crippen LogP contribution in [-0.4, -0.2) is 58.9 Å². The molecule has 0 radical (unpaired) electrons. The molecule has 4 rings (SSSR count). The maximum atomic E-state index is 14.1. The molecule has 0 bridgehead atoms. The summed E-state index contributed by atoms with van der Waals surface area (Å²) in [5, 5.41) is 6.90. The number of benzene rings is 2. The molecule has 6 nitrogen and oxygen atoms in total. The fourth-order valence-corrected chi connectivity index (χ4v) is 4.57. The fourth-order valence-electron chi connectivity index (χ4n) is 4.57. The Labute approximate surface area is 211 Å². The van der Waals surface area contributed by atoms with Crippen LogP contribution in [0.4, 0.5) is 20.2 Å². The van der Waals surface area contributed by atoms with Crippen LogP contribution >= 0.6 is 24.0 Å². The molecule has 9 heteroatoms. The zero-order chi connectivity index (χ0) is 22.5. The van der Waals surface area contributed by atoms with Crippen molar-refractivity contribution in [3.63, 3.8) is 0 Å². The first-order valence-electron chi connectivity index (χ1n) is 11.1. The Balaban J connectivity index is 0.00000306. The average molecular weight is 571 g/mol. The van der Waals surface area contributed by atoms with E-state index in [9.17, 15) is 8.78 Å². The minimum absolute atomic E-state index is 0. The van der Waals surface area contributed by atoms with Crippen LogP contribution < -0.4 is 25.2 Å². The molecule has 2 saturated heterocycles. The lowest BCUT2D eigenvalue weighted by Crippen LogP contribution is -2.46. The number of aliphatic imine (C=N–C) groups is 1. The summed E-state index contributed by atoms with van der Waals surface area (Å²) in [4.78, 5) is 8.68. The summed E-state index contributed by atoms with van der Waals surface area (Å²) in [6.07, 6.45) is 1.96. The van der Waals surface area contributed by atoms with Crippen molar-refractivity contribution in [1.82, 2.24) is 10.6 Å². The third-order valence-electron chi connectivity index (χ3n) is 6.27. The summed E-state index contributed by atoms with van der Waals surface area (Å²) in [5.74, 6) is 1.09. The number of nitrogens with zero attached hydrogens (tertiary/aromatic N) is 3. The standard InChI is InChI=1S/C24H31F2N5O.HI/c1-27-24(29-19-10-12-31(16-19)21-8-7-18(25)13-20(21)26)28-14-17-9-11-30(15-17)22-5-3-4-6-23(22)32-2;/h3-8,13,17,19H,9-12,14-16H2,1-2H3,(H2,27,28,29);1H. The highest BCUT2D eigenvalue weighted by Crippen LogP contribution is 2.31. The van der Waals surface area contributed by atoms with Crippen LogP contribution in [0.25, 0.3) is 0 Å². The molecule has 0 aliphatic carbocycles. The molecule has 180 valence electrons. The van der Waals surface area contributed by atoms with E-state index in [1.807, 2.05) is 23.1 Å². The van der Waals surface area contributed by atoms with Gasteiger partial charge in [0.15, 0.2) is 5.96 Å². The van der Waals surface area contributed by atoms with Crippen molar-refractivity contribution >= 4 is 41.3 Å². The molecule has 0 aromatic heterocycles. The summed E-state index contributed by atoms with van der Waals surface area (Å²) in [6.45, 7) is 4.15. The van der Waals surface area contributed by atoms with E-state index in [2.05, 4.69) is 26.6 Å². The zero-order valence-corrected chi connectivity index (χ0v) is 21.4. The van der Waals surface area contributed by atoms with E-state index < -0.39 is 11.6 Å². The topological polar surface area (TPSA) is 52.1 Å². The number of hydrogen-bond donors (Lipinski definition) is 2. The number of methoxy groups -OCH3 is 1. The SMILES string of the molecule is CN=C(NCC1CCN(c2ccccc2OC)C1)NC1CCN(c2ccc(F)cc2F)C1.I. The highest BCUT2D eigenvalue weighted by Gasteiger charge is 2.27. The third-order valence-corrected chi connectivity index (χ3v) is 6.27. The van der Waals surface area contributed by atoms with Gasteiger partial charge in [-0.3, -0.25) is 4.99 Å². The smallest absolute Gasteiger partial charge is 0.191 e. The van der Waals surface area contributed by atoms with Gasteiger partial charge in [0.2, 0.25) is 0 Å². The molecule has 2 aliphatic rings. The van der Waals surface area contributed by atoms with E-state index >= 15 is 0 Å². The molecule has 33 heavy (non-hydrogen) atoms. The fraction of sp³-hybridized carbons (Fsp3) is 0.458. The molecule has 2 aliphatic heterocycles. The number of para-hydroxylation sites is 2. The van der Waals surface area contributed by atoms with E-state index in [0.717, 1.165) is 55.9 Å². The lowest BCUT2D eigenvalue weighted by atomic mass is 10.1. The summed E-state index contributed by atoms with van der Waals surface area (Å²) < 4.78 is 32.8. The molecular weight excluding hydrogens is 539 g/mol. The molecule has 2 heterocycles. The summed E-state index contributed by atoms with van der Waals surface area (Å²) in [7, 11) is 3.47. The minimum Gasteiger partial charge on any atom is -0.495 e. The predicted octanol–water partition coefficient (Wildman–Crippen LogP) is 3.86. The lowest BCUT2D eigenvalue weighted by molar-refractivity contribution is 0.414. The van der Waals surface area contributed by atoms with Crippen molar-refractivity contribution in [3.8, 4) is 5.75 Å². The van der Waals surface area contributed by atoms with Gasteiger partial charge in [0.05, 0.1) is 18.5 Å². The molecule has 2 N–H and O–H groups in total. The Kier molecular flexibility index (Phi) is 8.99. The van der Waals surface area contributed by atoms with Gasteiger partial charge in [0.25, 0.3) is 0 Å². The molecule has 0 spiro atoms. The molecule has 2 atom stereocenters. The largest absolute Gasteiger partial charge is 0.495 e. The highest BCUT2D eigenvalue weighted by atomic mass is 127. The van der Waals surface area contributed by atoms with E-state index in [0.29, 0.717) is 24.7 Å². The average Bonchev–Trinajstić information content (AvgIpc) is 3.46. The maximum Gasteiger partial charge on any atom is 0.191 e. The van der Waals surface area contributed by atoms with Crippen molar-refractivity contribution in [1.29, 1.82) is 0 Å². The minimum atomic E-state index is -0.555. The molecule has 2 unspecified atom stereocenters. The van der Waals surface area contributed by atoms with Crippen LogP contribution in [0.15, 0.2) is 47.5 Å². The zero-order valence-electron chi connectivity index (χ0n) is 19.1. The van der Waals surface area contributed by atoms with Gasteiger partial charge < -0.3 is 25.2 Å². The number of nitrogens with one attached hydrogen (secondary N) is 2. The van der Waals surface area contributed by atoms with E-state index in [-0.39, 0.29) is 30.0 Å². The van der Waals surface area contributed by atoms with Crippen LogP contribution in [0.2, 0.25) is 0 Å². The first-order chi connectivity index (χ1) is 15.6. The Hall–Kier alpha value is -2.30. The quantitative estimate of drug-likeness (QED) is 0.314. The second-order valence-corrected chi connectivity index (χ2v) is 8.40. The van der Waals surface area contributed by atoms with Gasteiger partial charge in [0.1, 0.15) is 17.4 Å². The lowest BCUT2D eigenvalue weighted by Gasteiger charge is -2.22. The Morgan fingerprint density at radius 2 is 1.82 bits per heavy atom. The third kappa shape index (κ3) is 6.18. The predicted molar refractivity (Wildman–Crippen MR) is 140 cm³/mol. The van der Waals surface area contributed by atoms with Crippen LogP contribution in [-0.2, 0) is 0 Å². The molecule has 2 aromatic rings. The molecule has 2 aromatic carbocycles. The summed E-state index contributed by atoms with van der Waals surface area (Å²) in [5.41, 5.74) is 1.58. The Bertz CT molecular complexity index is 960. The molecule has 2 fully saturated rings. The van der Waals surface area contributed by atoms with Gasteiger partial charge >= 0.3 is 0 Å². The first kappa shape index (κ1) is 25.3. The van der Waals surface area contributed by atoms with E-state index in [4.69, 9.17) is 4.74 Å². The summed E-state index contributed by atoms with van der Waals surface area (Å²) in [6, 6.07) is 12.0. The second-order valence-electron chi connectivity index (χ2n) is 8.40. The van der Waals surface area contributed by atoms with Crippen LogP contribution in [0, 0.1) is 17.6 Å². The number of halogens is 3. The number of ether oxygens (including phenoxy) is 1. The van der Waals surface area contributed by atoms with Crippen molar-refractivity contribution in [2.24, 2.45) is 10.9 Å². The van der Waals surface area contributed by atoms with Gasteiger partial charge in [-0.1, -0.05) is 12.1 Å². The normalized spacial score (nSPS) is 20.5. The van der Waals surface area contributed by atoms with Crippen LogP contribution in [0.1, 0.15) is 12.8 Å². The van der Waals surface area contributed by atoms with Gasteiger partial charge in [-0.15, -0.1) is 24.0 Å². The number of anilines is 2. The molecule has 0 saturated carbocycles. The highest BCUT2D eigenvalue weighted by molar-refractivity contribution is 14.0. The summed E-state index contributed by atoms with van der Waals surface area (Å²) >= 11 is 0. The van der Waals surface area contributed by atoms with Crippen molar-refractivity contribution < 1.29 is 13.5 Å². The Morgan fingerprint density at radius 1 is 1.06 bits per heavy atom. The number of hydrogen-bond acceptors (Lipinski definition) is 4. The van der Waals surface area contributed by atoms with Crippen molar-refractivity contribution in [3.05, 3.63) is 54.1 Å². The second kappa shape index (κ2) is 11.7. The molecule has 0 amide bonds. The van der Waals surface area contributed by atoms with E-state index in [1.54, 1.807) is 14.2 Å².